The number of ether oxygens (including phenoxy) is 1. The van der Waals surface area contributed by atoms with Crippen molar-refractivity contribution in [2.75, 3.05) is 23.3 Å². The van der Waals surface area contributed by atoms with Crippen molar-refractivity contribution in [3.05, 3.63) is 90.0 Å². The summed E-state index contributed by atoms with van der Waals surface area (Å²) >= 11 is 2.75. The number of carbonyl (C=O) groups is 1. The Morgan fingerprint density at radius 2 is 1.78 bits per heavy atom. The van der Waals surface area contributed by atoms with E-state index in [4.69, 9.17) is 4.74 Å². The zero-order valence-electron chi connectivity index (χ0n) is 19.6. The van der Waals surface area contributed by atoms with E-state index in [9.17, 15) is 13.2 Å². The highest BCUT2D eigenvalue weighted by molar-refractivity contribution is 8.00. The molecule has 0 spiro atoms. The maximum absolute atomic E-state index is 13.5. The van der Waals surface area contributed by atoms with Crippen LogP contribution in [0.5, 0.6) is 5.75 Å². The van der Waals surface area contributed by atoms with Crippen molar-refractivity contribution < 1.29 is 17.9 Å². The number of amides is 1. The van der Waals surface area contributed by atoms with Crippen molar-refractivity contribution in [2.24, 2.45) is 0 Å². The van der Waals surface area contributed by atoms with Crippen LogP contribution in [-0.2, 0) is 20.6 Å². The van der Waals surface area contributed by atoms with Crippen LogP contribution in [0.1, 0.15) is 11.1 Å². The molecule has 4 rings (SSSR count). The predicted molar refractivity (Wildman–Crippen MR) is 143 cm³/mol. The Morgan fingerprint density at radius 3 is 2.50 bits per heavy atom. The van der Waals surface area contributed by atoms with Gasteiger partial charge in [0, 0.05) is 11.8 Å². The highest BCUT2D eigenvalue weighted by atomic mass is 32.2. The number of nitrogens with one attached hydrogen (secondary N) is 1. The van der Waals surface area contributed by atoms with E-state index in [2.05, 4.69) is 15.5 Å². The van der Waals surface area contributed by atoms with Gasteiger partial charge in [0.25, 0.3) is 10.0 Å². The number of benzene rings is 3. The molecule has 0 aliphatic heterocycles. The number of aryl methyl sites for hydroxylation is 1. The summed E-state index contributed by atoms with van der Waals surface area (Å²) in [5.74, 6) is 0.660. The molecule has 1 heterocycles. The molecule has 8 nitrogen and oxygen atoms in total. The Kier molecular flexibility index (Phi) is 8.24. The molecule has 0 saturated heterocycles. The number of aromatic nitrogens is 2. The second-order valence-corrected chi connectivity index (χ2v) is 11.8. The molecule has 0 fully saturated rings. The van der Waals surface area contributed by atoms with Crippen LogP contribution in [-0.4, -0.2) is 38.2 Å². The minimum Gasteiger partial charge on any atom is -0.497 e. The molecule has 4 aromatic rings. The molecule has 0 aliphatic carbocycles. The van der Waals surface area contributed by atoms with Crippen molar-refractivity contribution in [1.29, 1.82) is 0 Å². The lowest BCUT2D eigenvalue weighted by Gasteiger charge is -2.24. The third-order valence-corrected chi connectivity index (χ3v) is 8.93. The topological polar surface area (TPSA) is 101 Å². The highest BCUT2D eigenvalue weighted by Crippen LogP contribution is 2.29. The molecule has 11 heteroatoms. The van der Waals surface area contributed by atoms with Crippen molar-refractivity contribution in [1.82, 2.24) is 10.2 Å². The number of hydrogen-bond donors (Lipinski definition) is 1. The molecule has 0 saturated carbocycles. The quantitative estimate of drug-likeness (QED) is 0.224. The third-order valence-electron chi connectivity index (χ3n) is 5.10. The average molecular weight is 541 g/mol. The predicted octanol–water partition coefficient (Wildman–Crippen LogP) is 4.98. The lowest BCUT2D eigenvalue weighted by molar-refractivity contribution is -0.114. The van der Waals surface area contributed by atoms with Gasteiger partial charge in [0.1, 0.15) is 12.3 Å². The van der Waals surface area contributed by atoms with Crippen LogP contribution in [0, 0.1) is 6.92 Å². The molecule has 186 valence electrons. The second-order valence-electron chi connectivity index (χ2n) is 7.72. The first kappa shape index (κ1) is 25.7. The lowest BCUT2D eigenvalue weighted by Crippen LogP contribution is -2.38. The fourth-order valence-corrected chi connectivity index (χ4v) is 6.38. The molecule has 1 aromatic heterocycles. The Hall–Kier alpha value is -3.41. The molecule has 0 unspecified atom stereocenters. The average Bonchev–Trinajstić information content (AvgIpc) is 3.34. The molecule has 3 aromatic carbocycles. The molecule has 0 atom stereocenters. The largest absolute Gasteiger partial charge is 0.497 e. The summed E-state index contributed by atoms with van der Waals surface area (Å²) in [5, 5.41) is 11.1. The standard InChI is InChI=1S/C25H24N4O4S3/c1-18-11-13-22(14-12-18)36(31,32)29(20-9-6-10-21(15-20)33-2)16-23(30)26-24-27-28-25(35-24)34-17-19-7-4-3-5-8-19/h3-15H,16-17H2,1-2H3,(H,26,27,30). The van der Waals surface area contributed by atoms with E-state index >= 15 is 0 Å². The minimum absolute atomic E-state index is 0.0826. The van der Waals surface area contributed by atoms with Crippen LogP contribution in [0.15, 0.2) is 88.1 Å². The van der Waals surface area contributed by atoms with Crippen molar-refractivity contribution in [3.63, 3.8) is 0 Å². The maximum atomic E-state index is 13.5. The van der Waals surface area contributed by atoms with Gasteiger partial charge in [0.15, 0.2) is 4.34 Å². The molecule has 0 radical (unpaired) electrons. The van der Waals surface area contributed by atoms with Gasteiger partial charge in [0.2, 0.25) is 11.0 Å². The van der Waals surface area contributed by atoms with Gasteiger partial charge < -0.3 is 4.74 Å². The zero-order valence-corrected chi connectivity index (χ0v) is 22.1. The molecule has 0 bridgehead atoms. The van der Waals surface area contributed by atoms with E-state index in [0.29, 0.717) is 20.9 Å². The number of thioether (sulfide) groups is 1. The fraction of sp³-hybridized carbons (Fsp3) is 0.160. The number of rotatable bonds is 10. The van der Waals surface area contributed by atoms with Gasteiger partial charge in [-0.3, -0.25) is 14.4 Å². The number of anilines is 2. The summed E-state index contributed by atoms with van der Waals surface area (Å²) < 4.78 is 34.1. The summed E-state index contributed by atoms with van der Waals surface area (Å²) in [6.07, 6.45) is 0. The van der Waals surface area contributed by atoms with E-state index < -0.39 is 22.5 Å². The summed E-state index contributed by atoms with van der Waals surface area (Å²) in [7, 11) is -2.54. The Labute approximate surface area is 218 Å². The van der Waals surface area contributed by atoms with Gasteiger partial charge in [-0.15, -0.1) is 10.2 Å². The highest BCUT2D eigenvalue weighted by Gasteiger charge is 2.28. The zero-order chi connectivity index (χ0) is 25.5. The van der Waals surface area contributed by atoms with Gasteiger partial charge in [0.05, 0.1) is 17.7 Å². The van der Waals surface area contributed by atoms with Crippen LogP contribution in [0.25, 0.3) is 0 Å². The van der Waals surface area contributed by atoms with Gasteiger partial charge in [-0.05, 0) is 36.8 Å². The van der Waals surface area contributed by atoms with Gasteiger partial charge >= 0.3 is 0 Å². The van der Waals surface area contributed by atoms with E-state index in [1.165, 1.54) is 42.3 Å². The van der Waals surface area contributed by atoms with Crippen LogP contribution in [0.2, 0.25) is 0 Å². The fourth-order valence-electron chi connectivity index (χ4n) is 3.25. The number of nitrogens with zero attached hydrogens (tertiary/aromatic N) is 3. The Balaban J connectivity index is 1.51. The van der Waals surface area contributed by atoms with Gasteiger partial charge in [-0.25, -0.2) is 8.42 Å². The number of sulfonamides is 1. The summed E-state index contributed by atoms with van der Waals surface area (Å²) in [6.45, 7) is 1.42. The summed E-state index contributed by atoms with van der Waals surface area (Å²) in [6, 6.07) is 23.0. The number of methoxy groups -OCH3 is 1. The molecule has 1 amide bonds. The van der Waals surface area contributed by atoms with Crippen LogP contribution in [0.4, 0.5) is 10.8 Å². The van der Waals surface area contributed by atoms with Crippen molar-refractivity contribution >= 4 is 49.8 Å². The Bertz CT molecular complexity index is 1430. The first-order valence-electron chi connectivity index (χ1n) is 10.9. The molecule has 36 heavy (non-hydrogen) atoms. The smallest absolute Gasteiger partial charge is 0.264 e. The maximum Gasteiger partial charge on any atom is 0.264 e. The summed E-state index contributed by atoms with van der Waals surface area (Å²) in [4.78, 5) is 13.0. The van der Waals surface area contributed by atoms with Crippen molar-refractivity contribution in [3.8, 4) is 5.75 Å². The second kappa shape index (κ2) is 11.5. The molecule has 1 N–H and O–H groups in total. The van der Waals surface area contributed by atoms with Crippen LogP contribution < -0.4 is 14.4 Å². The van der Waals surface area contributed by atoms with E-state index in [1.54, 1.807) is 36.4 Å². The van der Waals surface area contributed by atoms with Gasteiger partial charge in [-0.1, -0.05) is 77.2 Å². The number of hydrogen-bond acceptors (Lipinski definition) is 8. The van der Waals surface area contributed by atoms with E-state index in [1.807, 2.05) is 37.3 Å². The van der Waals surface area contributed by atoms with Crippen LogP contribution >= 0.6 is 23.1 Å². The number of carbonyl (C=O) groups excluding carboxylic acids is 1. The summed E-state index contributed by atoms with van der Waals surface area (Å²) in [5.41, 5.74) is 2.39. The normalized spacial score (nSPS) is 11.2. The SMILES string of the molecule is COc1cccc(N(CC(=O)Nc2nnc(SCc3ccccc3)s2)S(=O)(=O)c2ccc(C)cc2)c1. The van der Waals surface area contributed by atoms with Crippen molar-refractivity contribution in [2.45, 2.75) is 21.9 Å². The molecular formula is C25H24N4O4S3. The van der Waals surface area contributed by atoms with Gasteiger partial charge in [-0.2, -0.15) is 0 Å². The molecular weight excluding hydrogens is 517 g/mol. The first-order chi connectivity index (χ1) is 17.3. The first-order valence-corrected chi connectivity index (χ1v) is 14.1. The minimum atomic E-state index is -4.04. The van der Waals surface area contributed by atoms with Crippen LogP contribution in [0.3, 0.4) is 0 Å². The third kappa shape index (κ3) is 6.42. The molecule has 0 aliphatic rings. The van der Waals surface area contributed by atoms with E-state index in [-0.39, 0.29) is 4.90 Å². The van der Waals surface area contributed by atoms with E-state index in [0.717, 1.165) is 21.2 Å². The Morgan fingerprint density at radius 1 is 1.03 bits per heavy atom. The monoisotopic (exact) mass is 540 g/mol. The lowest BCUT2D eigenvalue weighted by atomic mass is 10.2.